The number of ether oxygens (including phenoxy) is 1. The molecule has 1 aliphatic rings. The number of phenols is 1. The molecule has 0 saturated heterocycles. The molecule has 1 aliphatic carbocycles. The number of fused-ring (bicyclic) bond motifs is 3. The van der Waals surface area contributed by atoms with Crippen LogP contribution in [-0.4, -0.2) is 22.7 Å². The van der Waals surface area contributed by atoms with Gasteiger partial charge in [0.25, 0.3) is 0 Å². The van der Waals surface area contributed by atoms with Gasteiger partial charge in [0, 0.05) is 30.2 Å². The van der Waals surface area contributed by atoms with E-state index in [0.717, 1.165) is 51.1 Å². The third kappa shape index (κ3) is 3.05. The summed E-state index contributed by atoms with van der Waals surface area (Å²) in [5.74, 6) is -0.0488. The van der Waals surface area contributed by atoms with E-state index in [2.05, 4.69) is 24.0 Å². The second-order valence-corrected chi connectivity index (χ2v) is 7.39. The number of pyridine rings is 1. The minimum atomic E-state index is -0.292. The summed E-state index contributed by atoms with van der Waals surface area (Å²) < 4.78 is 5.39. The zero-order chi connectivity index (χ0) is 19.8. The van der Waals surface area contributed by atoms with Gasteiger partial charge in [-0.3, -0.25) is 9.78 Å². The first-order chi connectivity index (χ1) is 13.5. The molecular weight excluding hydrogens is 350 g/mol. The molecule has 28 heavy (non-hydrogen) atoms. The number of nitrogens with zero attached hydrogens (tertiary/aromatic N) is 1. The topological polar surface area (TPSA) is 59.4 Å². The van der Waals surface area contributed by atoms with Crippen molar-refractivity contribution >= 4 is 5.97 Å². The van der Waals surface area contributed by atoms with Gasteiger partial charge in [0.05, 0.1) is 12.3 Å². The van der Waals surface area contributed by atoms with Crippen LogP contribution in [0.5, 0.6) is 5.75 Å². The van der Waals surface area contributed by atoms with Crippen LogP contribution in [0.15, 0.2) is 48.7 Å². The molecule has 0 saturated carbocycles. The second-order valence-electron chi connectivity index (χ2n) is 7.39. The number of aromatic hydroxyl groups is 1. The number of phenolic OH excluding ortho intramolecular Hbond substituents is 1. The smallest absolute Gasteiger partial charge is 0.302 e. The summed E-state index contributed by atoms with van der Waals surface area (Å²) in [5.41, 5.74) is 8.32. The molecule has 0 amide bonds. The molecule has 1 heterocycles. The van der Waals surface area contributed by atoms with Gasteiger partial charge in [-0.1, -0.05) is 24.3 Å². The van der Waals surface area contributed by atoms with Gasteiger partial charge in [-0.05, 0) is 66.3 Å². The Morgan fingerprint density at radius 3 is 2.61 bits per heavy atom. The molecule has 0 aliphatic heterocycles. The summed E-state index contributed by atoms with van der Waals surface area (Å²) in [4.78, 5) is 16.0. The molecule has 0 bridgehead atoms. The minimum absolute atomic E-state index is 0.0113. The second kappa shape index (κ2) is 7.12. The van der Waals surface area contributed by atoms with Crippen molar-refractivity contribution in [2.45, 2.75) is 33.1 Å². The van der Waals surface area contributed by atoms with Crippen LogP contribution in [0.4, 0.5) is 0 Å². The van der Waals surface area contributed by atoms with E-state index in [9.17, 15) is 9.90 Å². The van der Waals surface area contributed by atoms with E-state index in [1.54, 1.807) is 12.3 Å². The Bertz CT molecular complexity index is 1060. The molecule has 2 aromatic carbocycles. The van der Waals surface area contributed by atoms with Gasteiger partial charge in [0.2, 0.25) is 0 Å². The maximum absolute atomic E-state index is 11.5. The third-order valence-electron chi connectivity index (χ3n) is 5.50. The normalized spacial score (nSPS) is 14.9. The SMILES string of the molecule is CC(=O)OCC1Cc2c(ccc(C)c2-c2ccccn2)-c2c(O)ccc(C)c21. The number of aromatic nitrogens is 1. The predicted octanol–water partition coefficient (Wildman–Crippen LogP) is 4.94. The van der Waals surface area contributed by atoms with E-state index in [0.29, 0.717) is 6.61 Å². The Kier molecular flexibility index (Phi) is 4.63. The van der Waals surface area contributed by atoms with Crippen LogP contribution in [0.3, 0.4) is 0 Å². The van der Waals surface area contributed by atoms with Gasteiger partial charge in [-0.25, -0.2) is 0 Å². The Labute approximate surface area is 164 Å². The maximum Gasteiger partial charge on any atom is 0.302 e. The number of hydrogen-bond donors (Lipinski definition) is 1. The standard InChI is InChI=1S/C24H23NO3/c1-14-8-10-21(27)24-18-9-7-15(2)23(20-6-4-5-11-25-20)19(18)12-17(22(14)24)13-28-16(3)26/h4-11,17,27H,12-13H2,1-3H3. The molecule has 1 unspecified atom stereocenters. The summed E-state index contributed by atoms with van der Waals surface area (Å²) in [5, 5.41) is 10.7. The van der Waals surface area contributed by atoms with Crippen molar-refractivity contribution in [2.75, 3.05) is 6.61 Å². The lowest BCUT2D eigenvalue weighted by atomic mass is 9.74. The third-order valence-corrected chi connectivity index (χ3v) is 5.50. The van der Waals surface area contributed by atoms with Crippen molar-refractivity contribution in [3.8, 4) is 28.1 Å². The van der Waals surface area contributed by atoms with Crippen LogP contribution >= 0.6 is 0 Å². The molecule has 0 fully saturated rings. The fourth-order valence-electron chi connectivity index (χ4n) is 4.31. The minimum Gasteiger partial charge on any atom is -0.507 e. The number of carbonyl (C=O) groups is 1. The zero-order valence-corrected chi connectivity index (χ0v) is 16.3. The van der Waals surface area contributed by atoms with E-state index in [-0.39, 0.29) is 17.6 Å². The van der Waals surface area contributed by atoms with E-state index < -0.39 is 0 Å². The highest BCUT2D eigenvalue weighted by Gasteiger charge is 2.31. The van der Waals surface area contributed by atoms with Crippen LogP contribution < -0.4 is 0 Å². The van der Waals surface area contributed by atoms with Crippen molar-refractivity contribution in [3.05, 3.63) is 70.9 Å². The number of rotatable bonds is 3. The maximum atomic E-state index is 11.5. The van der Waals surface area contributed by atoms with Crippen LogP contribution in [0.2, 0.25) is 0 Å². The summed E-state index contributed by atoms with van der Waals surface area (Å²) in [6.07, 6.45) is 2.52. The van der Waals surface area contributed by atoms with Gasteiger partial charge in [0.15, 0.2) is 0 Å². The zero-order valence-electron chi connectivity index (χ0n) is 16.3. The number of carbonyl (C=O) groups excluding carboxylic acids is 1. The molecule has 0 spiro atoms. The summed E-state index contributed by atoms with van der Waals surface area (Å²) >= 11 is 0. The van der Waals surface area contributed by atoms with Crippen molar-refractivity contribution < 1.29 is 14.6 Å². The highest BCUT2D eigenvalue weighted by Crippen LogP contribution is 2.48. The van der Waals surface area contributed by atoms with Crippen molar-refractivity contribution in [1.29, 1.82) is 0 Å². The molecule has 4 nitrogen and oxygen atoms in total. The first-order valence-electron chi connectivity index (χ1n) is 9.47. The Balaban J connectivity index is 1.97. The van der Waals surface area contributed by atoms with Crippen molar-refractivity contribution in [2.24, 2.45) is 0 Å². The van der Waals surface area contributed by atoms with Crippen molar-refractivity contribution in [1.82, 2.24) is 4.98 Å². The van der Waals surface area contributed by atoms with Gasteiger partial charge in [-0.2, -0.15) is 0 Å². The summed E-state index contributed by atoms with van der Waals surface area (Å²) in [6.45, 7) is 5.84. The summed E-state index contributed by atoms with van der Waals surface area (Å²) in [7, 11) is 0. The summed E-state index contributed by atoms with van der Waals surface area (Å²) in [6, 6.07) is 13.7. The Morgan fingerprint density at radius 1 is 1.11 bits per heavy atom. The molecular formula is C24H23NO3. The van der Waals surface area contributed by atoms with Crippen molar-refractivity contribution in [3.63, 3.8) is 0 Å². The highest BCUT2D eigenvalue weighted by molar-refractivity contribution is 5.86. The Morgan fingerprint density at radius 2 is 1.89 bits per heavy atom. The predicted molar refractivity (Wildman–Crippen MR) is 109 cm³/mol. The first kappa shape index (κ1) is 18.2. The fourth-order valence-corrected chi connectivity index (χ4v) is 4.31. The molecule has 4 heteroatoms. The van der Waals surface area contributed by atoms with E-state index in [1.165, 1.54) is 6.92 Å². The van der Waals surface area contributed by atoms with E-state index in [1.807, 2.05) is 31.2 Å². The lowest BCUT2D eigenvalue weighted by Gasteiger charge is -2.31. The van der Waals surface area contributed by atoms with Gasteiger partial charge in [0.1, 0.15) is 5.75 Å². The highest BCUT2D eigenvalue weighted by atomic mass is 16.5. The molecule has 1 aromatic heterocycles. The number of hydrogen-bond acceptors (Lipinski definition) is 4. The van der Waals surface area contributed by atoms with Crippen LogP contribution in [0, 0.1) is 13.8 Å². The lowest BCUT2D eigenvalue weighted by molar-refractivity contribution is -0.141. The first-order valence-corrected chi connectivity index (χ1v) is 9.47. The van der Waals surface area contributed by atoms with Gasteiger partial charge < -0.3 is 9.84 Å². The molecule has 3 aromatic rings. The molecule has 1 atom stereocenters. The average molecular weight is 373 g/mol. The van der Waals surface area contributed by atoms with E-state index in [4.69, 9.17) is 4.74 Å². The van der Waals surface area contributed by atoms with Crippen LogP contribution in [-0.2, 0) is 16.0 Å². The number of benzene rings is 2. The largest absolute Gasteiger partial charge is 0.507 e. The fraction of sp³-hybridized carbons (Fsp3) is 0.250. The number of esters is 1. The number of aryl methyl sites for hydroxylation is 2. The Hall–Kier alpha value is -3.14. The lowest BCUT2D eigenvalue weighted by Crippen LogP contribution is -2.20. The molecule has 0 radical (unpaired) electrons. The molecule has 142 valence electrons. The van der Waals surface area contributed by atoms with Crippen LogP contribution in [0.1, 0.15) is 35.1 Å². The van der Waals surface area contributed by atoms with E-state index >= 15 is 0 Å². The average Bonchev–Trinajstić information content (AvgIpc) is 2.69. The molecule has 1 N–H and O–H groups in total. The van der Waals surface area contributed by atoms with Gasteiger partial charge in [-0.15, -0.1) is 0 Å². The quantitative estimate of drug-likeness (QED) is 0.661. The monoisotopic (exact) mass is 373 g/mol. The van der Waals surface area contributed by atoms with Gasteiger partial charge >= 0.3 is 5.97 Å². The van der Waals surface area contributed by atoms with Crippen LogP contribution in [0.25, 0.3) is 22.4 Å². The molecule has 4 rings (SSSR count).